The number of hydrogen-bond acceptors (Lipinski definition) is 3. The van der Waals surface area contributed by atoms with Crippen molar-refractivity contribution in [2.75, 3.05) is 0 Å². The molecule has 0 saturated carbocycles. The summed E-state index contributed by atoms with van der Waals surface area (Å²) in [6.45, 7) is 0. The summed E-state index contributed by atoms with van der Waals surface area (Å²) in [6.07, 6.45) is -0.815. The van der Waals surface area contributed by atoms with Crippen LogP contribution >= 0.6 is 0 Å². The summed E-state index contributed by atoms with van der Waals surface area (Å²) in [6, 6.07) is 10.8. The molecule has 0 aliphatic heterocycles. The SMILES string of the molecule is O=C(NC(c1cccnc1)C(F)(F)F)c1nc(-c2ccc(F)cc2)c2ccccn12. The molecule has 3 aromatic heterocycles. The summed E-state index contributed by atoms with van der Waals surface area (Å²) in [5, 5.41) is 2.01. The predicted octanol–water partition coefficient (Wildman–Crippen LogP) is 4.57. The smallest absolute Gasteiger partial charge is 0.334 e. The van der Waals surface area contributed by atoms with Crippen molar-refractivity contribution in [2.24, 2.45) is 0 Å². The number of pyridine rings is 2. The lowest BCUT2D eigenvalue weighted by Gasteiger charge is -2.21. The number of nitrogens with zero attached hydrogens (tertiary/aromatic N) is 3. The summed E-state index contributed by atoms with van der Waals surface area (Å²) in [7, 11) is 0. The maximum atomic E-state index is 13.6. The molecule has 0 saturated heterocycles. The minimum atomic E-state index is -4.73. The number of rotatable bonds is 4. The van der Waals surface area contributed by atoms with Crippen LogP contribution in [0.3, 0.4) is 0 Å². The molecule has 9 heteroatoms. The zero-order valence-corrected chi connectivity index (χ0v) is 15.3. The minimum Gasteiger partial charge on any atom is -0.334 e. The first-order valence-corrected chi connectivity index (χ1v) is 8.85. The Labute approximate surface area is 168 Å². The molecule has 1 aromatic carbocycles. The Morgan fingerprint density at radius 3 is 2.47 bits per heavy atom. The standard InChI is InChI=1S/C21H14F4N4O/c22-15-8-6-13(7-9-15)17-16-5-1-2-11-29(16)19(27-17)20(30)28-18(21(23,24)25)14-4-3-10-26-12-14/h1-12,18H,(H,28,30). The lowest BCUT2D eigenvalue weighted by Crippen LogP contribution is -2.38. The van der Waals surface area contributed by atoms with Gasteiger partial charge in [-0.05, 0) is 42.5 Å². The Balaban J connectivity index is 1.75. The molecule has 30 heavy (non-hydrogen) atoms. The molecule has 0 aliphatic carbocycles. The monoisotopic (exact) mass is 414 g/mol. The van der Waals surface area contributed by atoms with E-state index in [0.717, 1.165) is 6.20 Å². The van der Waals surface area contributed by atoms with Crippen molar-refractivity contribution < 1.29 is 22.4 Å². The third-order valence-corrected chi connectivity index (χ3v) is 4.49. The van der Waals surface area contributed by atoms with Gasteiger partial charge in [0.25, 0.3) is 5.91 Å². The van der Waals surface area contributed by atoms with Gasteiger partial charge in [-0.15, -0.1) is 0 Å². The van der Waals surface area contributed by atoms with Gasteiger partial charge in [0.05, 0.1) is 11.2 Å². The zero-order valence-electron chi connectivity index (χ0n) is 15.3. The Kier molecular flexibility index (Phi) is 4.94. The molecule has 4 aromatic rings. The van der Waals surface area contributed by atoms with Crippen LogP contribution in [0.4, 0.5) is 17.6 Å². The van der Waals surface area contributed by atoms with Crippen LogP contribution in [-0.2, 0) is 0 Å². The van der Waals surface area contributed by atoms with E-state index >= 15 is 0 Å². The molecule has 4 rings (SSSR count). The molecule has 0 bridgehead atoms. The molecule has 1 N–H and O–H groups in total. The second-order valence-corrected chi connectivity index (χ2v) is 6.48. The summed E-state index contributed by atoms with van der Waals surface area (Å²) >= 11 is 0. The average Bonchev–Trinajstić information content (AvgIpc) is 3.12. The zero-order chi connectivity index (χ0) is 21.3. The van der Waals surface area contributed by atoms with Crippen LogP contribution in [0.5, 0.6) is 0 Å². The summed E-state index contributed by atoms with van der Waals surface area (Å²) in [5.74, 6) is -1.66. The van der Waals surface area contributed by atoms with Crippen LogP contribution in [-0.4, -0.2) is 26.5 Å². The Bertz CT molecular complexity index is 1190. The molecule has 1 amide bonds. The van der Waals surface area contributed by atoms with E-state index in [1.807, 2.05) is 5.32 Å². The number of alkyl halides is 3. The van der Waals surface area contributed by atoms with E-state index in [0.29, 0.717) is 16.8 Å². The van der Waals surface area contributed by atoms with Crippen LogP contribution < -0.4 is 5.32 Å². The average molecular weight is 414 g/mol. The molecule has 152 valence electrons. The van der Waals surface area contributed by atoms with Gasteiger partial charge in [0.2, 0.25) is 5.82 Å². The second kappa shape index (κ2) is 7.58. The molecule has 0 spiro atoms. The number of amides is 1. The number of fused-ring (bicyclic) bond motifs is 1. The molecular weight excluding hydrogens is 400 g/mol. The van der Waals surface area contributed by atoms with Gasteiger partial charge in [0.15, 0.2) is 6.04 Å². The van der Waals surface area contributed by atoms with Gasteiger partial charge < -0.3 is 5.32 Å². The van der Waals surface area contributed by atoms with Crippen LogP contribution in [0.25, 0.3) is 16.8 Å². The van der Waals surface area contributed by atoms with Gasteiger partial charge in [-0.25, -0.2) is 9.37 Å². The quantitative estimate of drug-likeness (QED) is 0.498. The van der Waals surface area contributed by atoms with Crippen molar-refractivity contribution in [3.8, 4) is 11.3 Å². The first-order valence-electron chi connectivity index (χ1n) is 8.85. The summed E-state index contributed by atoms with van der Waals surface area (Å²) in [4.78, 5) is 20.8. The van der Waals surface area contributed by atoms with Gasteiger partial charge in [0.1, 0.15) is 5.82 Å². The molecule has 1 unspecified atom stereocenters. The number of nitrogens with one attached hydrogen (secondary N) is 1. The molecule has 0 aliphatic rings. The number of benzene rings is 1. The fourth-order valence-corrected chi connectivity index (χ4v) is 3.11. The maximum Gasteiger partial charge on any atom is 0.412 e. The van der Waals surface area contributed by atoms with Crippen LogP contribution in [0.1, 0.15) is 22.2 Å². The topological polar surface area (TPSA) is 59.3 Å². The third kappa shape index (κ3) is 3.73. The number of aromatic nitrogens is 3. The Morgan fingerprint density at radius 2 is 1.80 bits per heavy atom. The first kappa shape index (κ1) is 19.6. The van der Waals surface area contributed by atoms with Crippen molar-refractivity contribution in [1.82, 2.24) is 19.7 Å². The number of hydrogen-bond donors (Lipinski definition) is 1. The lowest BCUT2D eigenvalue weighted by molar-refractivity contribution is -0.155. The molecule has 1 atom stereocenters. The Hall–Kier alpha value is -3.75. The minimum absolute atomic E-state index is 0.196. The van der Waals surface area contributed by atoms with E-state index in [4.69, 9.17) is 0 Å². The fraction of sp³-hybridized carbons (Fsp3) is 0.0952. The maximum absolute atomic E-state index is 13.6. The van der Waals surface area contributed by atoms with E-state index < -0.39 is 23.9 Å². The highest BCUT2D eigenvalue weighted by Crippen LogP contribution is 2.33. The number of imidazole rings is 1. The molecule has 0 fully saturated rings. The van der Waals surface area contributed by atoms with Crippen LogP contribution in [0.2, 0.25) is 0 Å². The van der Waals surface area contributed by atoms with E-state index in [-0.39, 0.29) is 11.4 Å². The summed E-state index contributed by atoms with van der Waals surface area (Å²) in [5.41, 5.74) is 1.18. The van der Waals surface area contributed by atoms with Gasteiger partial charge in [-0.3, -0.25) is 14.2 Å². The van der Waals surface area contributed by atoms with Crippen LogP contribution in [0, 0.1) is 5.82 Å². The second-order valence-electron chi connectivity index (χ2n) is 6.48. The van der Waals surface area contributed by atoms with Crippen molar-refractivity contribution in [3.63, 3.8) is 0 Å². The molecule has 3 heterocycles. The van der Waals surface area contributed by atoms with Gasteiger partial charge in [0, 0.05) is 29.7 Å². The lowest BCUT2D eigenvalue weighted by atomic mass is 10.1. The summed E-state index contributed by atoms with van der Waals surface area (Å²) < 4.78 is 55.5. The molecular formula is C21H14F4N4O. The van der Waals surface area contributed by atoms with Crippen molar-refractivity contribution in [1.29, 1.82) is 0 Å². The molecule has 0 radical (unpaired) electrons. The van der Waals surface area contributed by atoms with Crippen molar-refractivity contribution in [2.45, 2.75) is 12.2 Å². The first-order chi connectivity index (χ1) is 14.3. The Morgan fingerprint density at radius 1 is 1.03 bits per heavy atom. The largest absolute Gasteiger partial charge is 0.412 e. The highest BCUT2D eigenvalue weighted by atomic mass is 19.4. The predicted molar refractivity (Wildman–Crippen MR) is 101 cm³/mol. The number of halogens is 4. The van der Waals surface area contributed by atoms with E-state index in [2.05, 4.69) is 9.97 Å². The van der Waals surface area contributed by atoms with E-state index in [1.54, 1.807) is 18.2 Å². The number of carbonyl (C=O) groups is 1. The van der Waals surface area contributed by atoms with E-state index in [1.165, 1.54) is 53.2 Å². The third-order valence-electron chi connectivity index (χ3n) is 4.49. The normalized spacial score (nSPS) is 12.7. The number of carbonyl (C=O) groups excluding carboxylic acids is 1. The molecule has 5 nitrogen and oxygen atoms in total. The van der Waals surface area contributed by atoms with E-state index in [9.17, 15) is 22.4 Å². The van der Waals surface area contributed by atoms with Crippen molar-refractivity contribution >= 4 is 11.4 Å². The highest BCUT2D eigenvalue weighted by Gasteiger charge is 2.42. The highest BCUT2D eigenvalue weighted by molar-refractivity contribution is 5.94. The van der Waals surface area contributed by atoms with Gasteiger partial charge >= 0.3 is 6.18 Å². The van der Waals surface area contributed by atoms with Gasteiger partial charge in [-0.2, -0.15) is 13.2 Å². The fourth-order valence-electron chi connectivity index (χ4n) is 3.11. The van der Waals surface area contributed by atoms with Gasteiger partial charge in [-0.1, -0.05) is 12.1 Å². The van der Waals surface area contributed by atoms with Crippen molar-refractivity contribution in [3.05, 3.63) is 90.4 Å². The van der Waals surface area contributed by atoms with Crippen LogP contribution in [0.15, 0.2) is 73.2 Å².